The zero-order valence-corrected chi connectivity index (χ0v) is 14.3. The van der Waals surface area contributed by atoms with E-state index in [1.165, 1.54) is 34.9 Å². The minimum absolute atomic E-state index is 0.400. The van der Waals surface area contributed by atoms with Crippen LogP contribution in [-0.4, -0.2) is 11.7 Å². The Bertz CT molecular complexity index is 680. The standard InChI is InChI=1S/C18H23NO2S/c1-18(2,3)21-17(20)19-14-7-8-16-15(10-14)13(11-22-16)9-12-5-4-6-12/h7-8,10-12H,4-6,9H2,1-3H3,(H,19,20). The smallest absolute Gasteiger partial charge is 0.412 e. The third-order valence-corrected chi connectivity index (χ3v) is 5.04. The summed E-state index contributed by atoms with van der Waals surface area (Å²) in [6.07, 6.45) is 4.84. The van der Waals surface area contributed by atoms with Crippen molar-refractivity contribution < 1.29 is 9.53 Å². The Labute approximate surface area is 135 Å². The third kappa shape index (κ3) is 3.61. The summed E-state index contributed by atoms with van der Waals surface area (Å²) in [6, 6.07) is 6.09. The van der Waals surface area contributed by atoms with Gasteiger partial charge in [-0.1, -0.05) is 19.3 Å². The van der Waals surface area contributed by atoms with Gasteiger partial charge in [-0.2, -0.15) is 0 Å². The Morgan fingerprint density at radius 1 is 1.36 bits per heavy atom. The highest BCUT2D eigenvalue weighted by atomic mass is 32.1. The normalized spacial score (nSPS) is 15.6. The second kappa shape index (κ2) is 5.92. The van der Waals surface area contributed by atoms with Crippen LogP contribution in [0.5, 0.6) is 0 Å². The predicted octanol–water partition coefficient (Wildman–Crippen LogP) is 5.59. The molecule has 3 nitrogen and oxygen atoms in total. The van der Waals surface area contributed by atoms with Gasteiger partial charge in [0.05, 0.1) is 0 Å². The number of ether oxygens (including phenoxy) is 1. The Hall–Kier alpha value is -1.55. The van der Waals surface area contributed by atoms with Crippen LogP contribution in [-0.2, 0) is 11.2 Å². The molecule has 0 saturated heterocycles. The first kappa shape index (κ1) is 15.3. The molecule has 0 unspecified atom stereocenters. The van der Waals surface area contributed by atoms with Crippen LogP contribution in [0.4, 0.5) is 10.5 Å². The number of fused-ring (bicyclic) bond motifs is 1. The van der Waals surface area contributed by atoms with Crippen molar-refractivity contribution in [3.63, 3.8) is 0 Å². The van der Waals surface area contributed by atoms with Crippen LogP contribution in [0.2, 0.25) is 0 Å². The summed E-state index contributed by atoms with van der Waals surface area (Å²) in [5.41, 5.74) is 1.74. The Kier molecular flexibility index (Phi) is 4.13. The third-order valence-electron chi connectivity index (χ3n) is 4.03. The summed E-state index contributed by atoms with van der Waals surface area (Å²) >= 11 is 1.78. The first-order chi connectivity index (χ1) is 10.4. The number of carbonyl (C=O) groups is 1. The molecule has 1 N–H and O–H groups in total. The van der Waals surface area contributed by atoms with E-state index in [2.05, 4.69) is 22.8 Å². The molecule has 1 saturated carbocycles. The van der Waals surface area contributed by atoms with Gasteiger partial charge in [0.2, 0.25) is 0 Å². The monoisotopic (exact) mass is 317 g/mol. The summed E-state index contributed by atoms with van der Waals surface area (Å²) in [7, 11) is 0. The van der Waals surface area contributed by atoms with Crippen LogP contribution < -0.4 is 5.32 Å². The number of rotatable bonds is 3. The van der Waals surface area contributed by atoms with E-state index in [9.17, 15) is 4.79 Å². The average molecular weight is 317 g/mol. The summed E-state index contributed by atoms with van der Waals surface area (Å²) in [4.78, 5) is 11.9. The fourth-order valence-corrected chi connectivity index (χ4v) is 3.70. The number of benzene rings is 1. The van der Waals surface area contributed by atoms with Crippen molar-refractivity contribution in [1.29, 1.82) is 0 Å². The molecule has 0 atom stereocenters. The molecule has 0 aliphatic heterocycles. The highest BCUT2D eigenvalue weighted by Gasteiger charge is 2.20. The Morgan fingerprint density at radius 3 is 2.77 bits per heavy atom. The molecule has 1 amide bonds. The zero-order chi connectivity index (χ0) is 15.7. The lowest BCUT2D eigenvalue weighted by Gasteiger charge is -2.25. The fraction of sp³-hybridized carbons (Fsp3) is 0.500. The minimum atomic E-state index is -0.480. The second-order valence-electron chi connectivity index (χ2n) is 7.10. The largest absolute Gasteiger partial charge is 0.444 e. The quantitative estimate of drug-likeness (QED) is 0.801. The maximum absolute atomic E-state index is 11.9. The summed E-state index contributed by atoms with van der Waals surface area (Å²) < 4.78 is 6.59. The minimum Gasteiger partial charge on any atom is -0.444 e. The van der Waals surface area contributed by atoms with Crippen molar-refractivity contribution in [2.75, 3.05) is 5.32 Å². The van der Waals surface area contributed by atoms with E-state index in [-0.39, 0.29) is 0 Å². The zero-order valence-electron chi connectivity index (χ0n) is 13.4. The first-order valence-corrected chi connectivity index (χ1v) is 8.79. The topological polar surface area (TPSA) is 38.3 Å². The molecule has 2 aromatic rings. The highest BCUT2D eigenvalue weighted by Crippen LogP contribution is 2.35. The van der Waals surface area contributed by atoms with Crippen molar-refractivity contribution in [3.8, 4) is 0 Å². The molecular formula is C18H23NO2S. The van der Waals surface area contributed by atoms with Gasteiger partial charge < -0.3 is 4.74 Å². The van der Waals surface area contributed by atoms with Gasteiger partial charge >= 0.3 is 6.09 Å². The molecule has 3 rings (SSSR count). The van der Waals surface area contributed by atoms with Crippen molar-refractivity contribution in [2.24, 2.45) is 5.92 Å². The van der Waals surface area contributed by atoms with Crippen LogP contribution in [0.15, 0.2) is 23.6 Å². The highest BCUT2D eigenvalue weighted by molar-refractivity contribution is 7.17. The lowest BCUT2D eigenvalue weighted by atomic mass is 9.81. The molecule has 4 heteroatoms. The summed E-state index contributed by atoms with van der Waals surface area (Å²) in [5, 5.41) is 6.37. The molecule has 0 spiro atoms. The Balaban J connectivity index is 1.76. The van der Waals surface area contributed by atoms with Crippen molar-refractivity contribution in [3.05, 3.63) is 29.1 Å². The molecule has 118 valence electrons. The van der Waals surface area contributed by atoms with E-state index in [1.807, 2.05) is 26.8 Å². The fourth-order valence-electron chi connectivity index (χ4n) is 2.75. The van der Waals surface area contributed by atoms with Gasteiger partial charge in [0.15, 0.2) is 0 Å². The van der Waals surface area contributed by atoms with Crippen LogP contribution in [0, 0.1) is 5.92 Å². The summed E-state index contributed by atoms with van der Waals surface area (Å²) in [5.74, 6) is 0.847. The predicted molar refractivity (Wildman–Crippen MR) is 92.7 cm³/mol. The molecule has 22 heavy (non-hydrogen) atoms. The van der Waals surface area contributed by atoms with Gasteiger partial charge in [-0.25, -0.2) is 4.79 Å². The van der Waals surface area contributed by atoms with Crippen LogP contribution >= 0.6 is 11.3 Å². The van der Waals surface area contributed by atoms with E-state index in [4.69, 9.17) is 4.74 Å². The van der Waals surface area contributed by atoms with Gasteiger partial charge in [-0.15, -0.1) is 11.3 Å². The van der Waals surface area contributed by atoms with Crippen molar-refractivity contribution in [1.82, 2.24) is 0 Å². The number of amides is 1. The molecule has 1 aliphatic carbocycles. The average Bonchev–Trinajstić information content (AvgIpc) is 2.74. The number of nitrogens with one attached hydrogen (secondary N) is 1. The van der Waals surface area contributed by atoms with Crippen molar-refractivity contribution in [2.45, 2.75) is 52.1 Å². The first-order valence-electron chi connectivity index (χ1n) is 7.91. The Morgan fingerprint density at radius 2 is 2.14 bits per heavy atom. The summed E-state index contributed by atoms with van der Waals surface area (Å²) in [6.45, 7) is 5.60. The lowest BCUT2D eigenvalue weighted by molar-refractivity contribution is 0.0636. The van der Waals surface area contributed by atoms with Crippen LogP contribution in [0.1, 0.15) is 45.6 Å². The molecule has 0 bridgehead atoms. The van der Waals surface area contributed by atoms with E-state index in [0.29, 0.717) is 0 Å². The number of anilines is 1. The van der Waals surface area contributed by atoms with E-state index in [0.717, 1.165) is 18.0 Å². The molecule has 0 radical (unpaired) electrons. The second-order valence-corrected chi connectivity index (χ2v) is 8.01. The number of thiophene rings is 1. The van der Waals surface area contributed by atoms with Gasteiger partial charge in [-0.05, 0) is 67.6 Å². The van der Waals surface area contributed by atoms with Crippen molar-refractivity contribution >= 4 is 33.2 Å². The van der Waals surface area contributed by atoms with E-state index < -0.39 is 11.7 Å². The molecule has 1 fully saturated rings. The van der Waals surface area contributed by atoms with E-state index in [1.54, 1.807) is 11.3 Å². The van der Waals surface area contributed by atoms with Crippen LogP contribution in [0.3, 0.4) is 0 Å². The SMILES string of the molecule is CC(C)(C)OC(=O)Nc1ccc2scc(CC3CCC3)c2c1. The lowest BCUT2D eigenvalue weighted by Crippen LogP contribution is -2.27. The number of carbonyl (C=O) groups excluding carboxylic acids is 1. The number of hydrogen-bond acceptors (Lipinski definition) is 3. The molecule has 1 heterocycles. The van der Waals surface area contributed by atoms with Gasteiger partial charge in [0, 0.05) is 10.4 Å². The van der Waals surface area contributed by atoms with Gasteiger partial charge in [0.25, 0.3) is 0 Å². The van der Waals surface area contributed by atoms with E-state index >= 15 is 0 Å². The van der Waals surface area contributed by atoms with Gasteiger partial charge in [-0.3, -0.25) is 5.32 Å². The number of hydrogen-bond donors (Lipinski definition) is 1. The maximum Gasteiger partial charge on any atom is 0.412 e. The maximum atomic E-state index is 11.9. The van der Waals surface area contributed by atoms with Crippen LogP contribution in [0.25, 0.3) is 10.1 Å². The molecule has 1 aromatic carbocycles. The molecule has 1 aromatic heterocycles. The van der Waals surface area contributed by atoms with Gasteiger partial charge in [0.1, 0.15) is 5.60 Å². The molecular weight excluding hydrogens is 294 g/mol. The molecule has 1 aliphatic rings.